The molecule has 0 bridgehead atoms. The van der Waals surface area contributed by atoms with Crippen molar-refractivity contribution in [2.45, 2.75) is 71.3 Å². The topological polar surface area (TPSA) is 93.9 Å². The molecule has 2 aliphatic heterocycles. The summed E-state index contributed by atoms with van der Waals surface area (Å²) < 4.78 is 45.6. The molecule has 40 heavy (non-hydrogen) atoms. The highest BCUT2D eigenvalue weighted by Gasteiger charge is 2.38. The summed E-state index contributed by atoms with van der Waals surface area (Å²) in [7, 11) is 1.68. The minimum absolute atomic E-state index is 0.0282. The normalized spacial score (nSPS) is 16.2. The highest BCUT2D eigenvalue weighted by molar-refractivity contribution is 7.13. The van der Waals surface area contributed by atoms with Crippen LogP contribution in [0.2, 0.25) is 0 Å². The summed E-state index contributed by atoms with van der Waals surface area (Å²) in [5.74, 6) is -0.684. The second-order valence-electron chi connectivity index (χ2n) is 9.84. The maximum Gasteiger partial charge on any atom is 0.490 e. The van der Waals surface area contributed by atoms with Crippen LogP contribution >= 0.6 is 11.3 Å². The van der Waals surface area contributed by atoms with Crippen LogP contribution in [0.5, 0.6) is 11.5 Å². The van der Waals surface area contributed by atoms with Gasteiger partial charge in [-0.2, -0.15) is 13.2 Å². The first-order valence-electron chi connectivity index (χ1n) is 13.1. The largest absolute Gasteiger partial charge is 0.493 e. The number of imidazole rings is 1. The van der Waals surface area contributed by atoms with Crippen LogP contribution in [0.3, 0.4) is 0 Å². The summed E-state index contributed by atoms with van der Waals surface area (Å²) in [4.78, 5) is 30.7. The number of aromatic nitrogens is 2. The van der Waals surface area contributed by atoms with Crippen LogP contribution in [-0.4, -0.2) is 63.4 Å². The molecule has 0 saturated carbocycles. The molecule has 0 spiro atoms. The number of alkyl halides is 3. The van der Waals surface area contributed by atoms with Gasteiger partial charge in [0.25, 0.3) is 5.91 Å². The highest BCUT2D eigenvalue weighted by atomic mass is 32.1. The number of rotatable bonds is 6. The number of halogens is 3. The first-order valence-corrected chi connectivity index (χ1v) is 14.0. The van der Waals surface area contributed by atoms with Gasteiger partial charge in [-0.3, -0.25) is 4.79 Å². The van der Waals surface area contributed by atoms with Crippen molar-refractivity contribution in [3.63, 3.8) is 0 Å². The van der Waals surface area contributed by atoms with E-state index in [1.165, 1.54) is 5.56 Å². The number of carbonyl (C=O) groups excluding carboxylic acids is 1. The molecule has 1 aromatic carbocycles. The van der Waals surface area contributed by atoms with E-state index in [-0.39, 0.29) is 12.0 Å². The molecule has 1 fully saturated rings. The predicted octanol–water partition coefficient (Wildman–Crippen LogP) is 6.28. The molecule has 1 N–H and O–H groups in total. The van der Waals surface area contributed by atoms with E-state index in [4.69, 9.17) is 24.4 Å². The zero-order valence-electron chi connectivity index (χ0n) is 22.7. The maximum absolute atomic E-state index is 13.7. The van der Waals surface area contributed by atoms with Gasteiger partial charge in [0, 0.05) is 24.7 Å². The SMILES string of the molecule is CCC1CCCN1C(=O)c1nc(-c2cccs2)c2n1CCc1cc(OC)c(OC(C)C)cc1-2.O=C(O)C(F)(F)F. The van der Waals surface area contributed by atoms with Gasteiger partial charge in [0.15, 0.2) is 17.3 Å². The third-order valence-electron chi connectivity index (χ3n) is 6.88. The number of thiophene rings is 1. The van der Waals surface area contributed by atoms with E-state index < -0.39 is 12.1 Å². The lowest BCUT2D eigenvalue weighted by atomic mass is 9.95. The number of amides is 1. The average molecular weight is 580 g/mol. The molecule has 8 nitrogen and oxygen atoms in total. The fourth-order valence-electron chi connectivity index (χ4n) is 5.12. The quantitative estimate of drug-likeness (QED) is 0.370. The van der Waals surface area contributed by atoms with E-state index in [0.717, 1.165) is 72.1 Å². The molecule has 4 heterocycles. The lowest BCUT2D eigenvalue weighted by molar-refractivity contribution is -0.192. The zero-order valence-corrected chi connectivity index (χ0v) is 23.6. The number of methoxy groups -OCH3 is 1. The summed E-state index contributed by atoms with van der Waals surface area (Å²) in [6.07, 6.45) is -1.12. The van der Waals surface area contributed by atoms with Crippen molar-refractivity contribution in [2.24, 2.45) is 0 Å². The van der Waals surface area contributed by atoms with E-state index in [1.54, 1.807) is 18.4 Å². The Labute approximate surface area is 234 Å². The zero-order chi connectivity index (χ0) is 29.2. The van der Waals surface area contributed by atoms with Crippen LogP contribution in [0.25, 0.3) is 21.8 Å². The number of carboxylic acid groups (broad SMARTS) is 1. The Bertz CT molecular complexity index is 1370. The fraction of sp³-hybridized carbons (Fsp3) is 0.464. The molecule has 1 atom stereocenters. The number of nitrogens with zero attached hydrogens (tertiary/aromatic N) is 3. The molecular weight excluding hydrogens is 547 g/mol. The summed E-state index contributed by atoms with van der Waals surface area (Å²) in [6.45, 7) is 7.72. The Hall–Kier alpha value is -3.54. The number of hydrogen-bond donors (Lipinski definition) is 1. The van der Waals surface area contributed by atoms with E-state index in [9.17, 15) is 18.0 Å². The number of aliphatic carboxylic acids is 1. The standard InChI is InChI=1S/C26H31N3O3S.C2HF3O2/c1-5-18-8-6-11-28(18)26(30)25-27-23(22-9-7-13-33-22)24-19-15-21(32-16(2)3)20(31-4)14-17(19)10-12-29(24)25;3-2(4,5)1(6)7/h7,9,13-16,18H,5-6,8,10-12H2,1-4H3;(H,6,7). The number of likely N-dealkylation sites (tertiary alicyclic amines) is 1. The number of carbonyl (C=O) groups is 2. The Morgan fingerprint density at radius 1 is 1.23 bits per heavy atom. The number of carboxylic acids is 1. The van der Waals surface area contributed by atoms with Crippen LogP contribution < -0.4 is 9.47 Å². The van der Waals surface area contributed by atoms with Crippen LogP contribution in [0.4, 0.5) is 13.2 Å². The van der Waals surface area contributed by atoms with Gasteiger partial charge in [0.05, 0.1) is 23.8 Å². The van der Waals surface area contributed by atoms with Gasteiger partial charge in [0.2, 0.25) is 0 Å². The van der Waals surface area contributed by atoms with Crippen molar-refractivity contribution in [3.8, 4) is 33.3 Å². The van der Waals surface area contributed by atoms with Gasteiger partial charge in [0.1, 0.15) is 5.69 Å². The summed E-state index contributed by atoms with van der Waals surface area (Å²) in [5.41, 5.74) is 4.15. The van der Waals surface area contributed by atoms with Crippen molar-refractivity contribution in [1.29, 1.82) is 0 Å². The van der Waals surface area contributed by atoms with Crippen molar-refractivity contribution in [1.82, 2.24) is 14.5 Å². The van der Waals surface area contributed by atoms with Gasteiger partial charge in [-0.1, -0.05) is 13.0 Å². The third kappa shape index (κ3) is 5.96. The van der Waals surface area contributed by atoms with E-state index >= 15 is 0 Å². The Balaban J connectivity index is 0.000000470. The second kappa shape index (κ2) is 11.9. The van der Waals surface area contributed by atoms with Crippen LogP contribution in [0.1, 0.15) is 56.2 Å². The Kier molecular flexibility index (Phi) is 8.77. The van der Waals surface area contributed by atoms with Gasteiger partial charge < -0.3 is 24.0 Å². The number of fused-ring (bicyclic) bond motifs is 3. The van der Waals surface area contributed by atoms with Crippen molar-refractivity contribution in [2.75, 3.05) is 13.7 Å². The first-order chi connectivity index (χ1) is 19.0. The third-order valence-corrected chi connectivity index (χ3v) is 7.75. The molecule has 2 aromatic heterocycles. The molecule has 2 aliphatic rings. The van der Waals surface area contributed by atoms with Crippen LogP contribution in [0, 0.1) is 0 Å². The second-order valence-corrected chi connectivity index (χ2v) is 10.8. The molecule has 1 amide bonds. The van der Waals surface area contributed by atoms with E-state index in [2.05, 4.69) is 35.1 Å². The maximum atomic E-state index is 13.7. The molecule has 5 rings (SSSR count). The molecule has 0 radical (unpaired) electrons. The van der Waals surface area contributed by atoms with Crippen LogP contribution in [0.15, 0.2) is 29.6 Å². The van der Waals surface area contributed by atoms with Gasteiger partial charge in [-0.25, -0.2) is 9.78 Å². The first kappa shape index (κ1) is 29.4. The number of aryl methyl sites for hydroxylation is 1. The van der Waals surface area contributed by atoms with Gasteiger partial charge >= 0.3 is 12.1 Å². The van der Waals surface area contributed by atoms with Crippen LogP contribution in [-0.2, 0) is 17.8 Å². The molecule has 0 aliphatic carbocycles. The molecule has 1 unspecified atom stereocenters. The van der Waals surface area contributed by atoms with Crippen molar-refractivity contribution < 1.29 is 37.3 Å². The minimum Gasteiger partial charge on any atom is -0.493 e. The average Bonchev–Trinajstić information content (AvgIpc) is 3.67. The smallest absolute Gasteiger partial charge is 0.490 e. The molecule has 216 valence electrons. The summed E-state index contributed by atoms with van der Waals surface area (Å²) >= 11 is 1.65. The number of hydrogen-bond acceptors (Lipinski definition) is 6. The molecule has 3 aromatic rings. The molecule has 12 heteroatoms. The van der Waals surface area contributed by atoms with E-state index in [0.29, 0.717) is 11.9 Å². The van der Waals surface area contributed by atoms with Crippen molar-refractivity contribution in [3.05, 3.63) is 41.0 Å². The summed E-state index contributed by atoms with van der Waals surface area (Å²) in [6, 6.07) is 8.57. The number of benzene rings is 1. The molecule has 1 saturated heterocycles. The van der Waals surface area contributed by atoms with E-state index in [1.807, 2.05) is 24.8 Å². The van der Waals surface area contributed by atoms with Gasteiger partial charge in [-0.15, -0.1) is 11.3 Å². The monoisotopic (exact) mass is 579 g/mol. The Morgan fingerprint density at radius 2 is 1.95 bits per heavy atom. The molecular formula is C28H32F3N3O5S. The van der Waals surface area contributed by atoms with Gasteiger partial charge in [-0.05, 0) is 68.7 Å². The fourth-order valence-corrected chi connectivity index (χ4v) is 5.83. The highest BCUT2D eigenvalue weighted by Crippen LogP contribution is 2.44. The minimum atomic E-state index is -5.08. The van der Waals surface area contributed by atoms with Crippen molar-refractivity contribution >= 4 is 23.2 Å². The Morgan fingerprint density at radius 3 is 2.52 bits per heavy atom. The lowest BCUT2D eigenvalue weighted by Gasteiger charge is -2.26. The predicted molar refractivity (Wildman–Crippen MR) is 145 cm³/mol. The summed E-state index contributed by atoms with van der Waals surface area (Å²) in [5, 5.41) is 9.18. The number of ether oxygens (including phenoxy) is 2. The lowest BCUT2D eigenvalue weighted by Crippen LogP contribution is -2.37.